The Bertz CT molecular complexity index is 396. The number of halogens is 2. The summed E-state index contributed by atoms with van der Waals surface area (Å²) in [6.07, 6.45) is -2.20. The van der Waals surface area contributed by atoms with Crippen LogP contribution in [-0.4, -0.2) is 23.2 Å². The van der Waals surface area contributed by atoms with Crippen molar-refractivity contribution in [2.75, 3.05) is 12.8 Å². The van der Waals surface area contributed by atoms with Gasteiger partial charge in [-0.05, 0) is 0 Å². The molecule has 3 N–H and O–H groups in total. The summed E-state index contributed by atoms with van der Waals surface area (Å²) in [5, 5.41) is 9.05. The van der Waals surface area contributed by atoms with Gasteiger partial charge in [-0.3, -0.25) is 0 Å². The van der Waals surface area contributed by atoms with Gasteiger partial charge in [-0.2, -0.15) is 0 Å². The number of pyridine rings is 1. The summed E-state index contributed by atoms with van der Waals surface area (Å²) >= 11 is 0. The summed E-state index contributed by atoms with van der Waals surface area (Å²) in [7, 11) is 1.03. The highest BCUT2D eigenvalue weighted by Gasteiger charge is 2.25. The molecule has 1 aromatic heterocycles. The summed E-state index contributed by atoms with van der Waals surface area (Å²) in [5.74, 6) is -1.63. The fourth-order valence-electron chi connectivity index (χ4n) is 1.01. The van der Waals surface area contributed by atoms with Crippen molar-refractivity contribution in [3.8, 4) is 5.75 Å². The number of hydrogen-bond acceptors (Lipinski definition) is 5. The number of hydrogen-bond donors (Lipinski definition) is 2. The van der Waals surface area contributed by atoms with Gasteiger partial charge in [0, 0.05) is 0 Å². The van der Waals surface area contributed by atoms with Gasteiger partial charge in [0.1, 0.15) is 0 Å². The first-order valence-corrected chi connectivity index (χ1v) is 3.82. The van der Waals surface area contributed by atoms with Crippen molar-refractivity contribution in [1.82, 2.24) is 4.98 Å². The molecule has 1 aromatic rings. The monoisotopic (exact) mass is 218 g/mol. The van der Waals surface area contributed by atoms with Crippen molar-refractivity contribution in [3.63, 3.8) is 0 Å². The lowest BCUT2D eigenvalue weighted by molar-refractivity contribution is 0.0582. The van der Waals surface area contributed by atoms with Gasteiger partial charge in [0.05, 0.1) is 24.6 Å². The van der Waals surface area contributed by atoms with Crippen LogP contribution >= 0.6 is 0 Å². The van der Waals surface area contributed by atoms with Crippen molar-refractivity contribution < 1.29 is 23.4 Å². The van der Waals surface area contributed by atoms with E-state index >= 15 is 0 Å². The molecule has 0 saturated heterocycles. The van der Waals surface area contributed by atoms with E-state index in [1.807, 2.05) is 0 Å². The van der Waals surface area contributed by atoms with Gasteiger partial charge >= 0.3 is 5.97 Å². The third-order valence-electron chi connectivity index (χ3n) is 1.73. The lowest BCUT2D eigenvalue weighted by Gasteiger charge is -2.09. The second-order valence-corrected chi connectivity index (χ2v) is 2.61. The molecule has 0 spiro atoms. The topological polar surface area (TPSA) is 85.4 Å². The van der Waals surface area contributed by atoms with E-state index < -0.39 is 35.1 Å². The zero-order valence-corrected chi connectivity index (χ0v) is 7.70. The molecule has 0 unspecified atom stereocenters. The van der Waals surface area contributed by atoms with E-state index in [1.165, 1.54) is 0 Å². The van der Waals surface area contributed by atoms with E-state index in [4.69, 9.17) is 10.8 Å². The van der Waals surface area contributed by atoms with Gasteiger partial charge in [0.2, 0.25) is 0 Å². The van der Waals surface area contributed by atoms with Gasteiger partial charge in [-0.25, -0.2) is 18.6 Å². The highest BCUT2D eigenvalue weighted by atomic mass is 19.3. The maximum Gasteiger partial charge on any atom is 0.357 e. The molecule has 0 radical (unpaired) electrons. The molecular weight excluding hydrogens is 210 g/mol. The standard InChI is InChI=1S/C8H8F2N2O3/c1-15-8(14)6-4(7(9)10)5(11)3(13)2-12-6/h2,7,13H,1H3,(H2,11,12). The Kier molecular flexibility index (Phi) is 3.03. The van der Waals surface area contributed by atoms with E-state index in [-0.39, 0.29) is 0 Å². The number of rotatable bonds is 2. The predicted molar refractivity (Wildman–Crippen MR) is 46.6 cm³/mol. The average Bonchev–Trinajstić information content (AvgIpc) is 2.20. The summed E-state index contributed by atoms with van der Waals surface area (Å²) < 4.78 is 29.3. The molecule has 7 heteroatoms. The lowest BCUT2D eigenvalue weighted by Crippen LogP contribution is -2.11. The number of nitrogens with two attached hydrogens (primary N) is 1. The second kappa shape index (κ2) is 4.07. The Hall–Kier alpha value is -1.92. The number of methoxy groups -OCH3 is 1. The third-order valence-corrected chi connectivity index (χ3v) is 1.73. The molecule has 0 aliphatic heterocycles. The maximum absolute atomic E-state index is 12.5. The van der Waals surface area contributed by atoms with Gasteiger partial charge in [0.25, 0.3) is 6.43 Å². The molecule has 0 fully saturated rings. The number of anilines is 1. The van der Waals surface area contributed by atoms with E-state index in [9.17, 15) is 13.6 Å². The van der Waals surface area contributed by atoms with Crippen molar-refractivity contribution in [3.05, 3.63) is 17.5 Å². The van der Waals surface area contributed by atoms with Crippen LogP contribution in [0.1, 0.15) is 22.5 Å². The number of esters is 1. The van der Waals surface area contributed by atoms with Gasteiger partial charge in [0.15, 0.2) is 11.4 Å². The summed E-state index contributed by atoms with van der Waals surface area (Å²) in [6, 6.07) is 0. The van der Waals surface area contributed by atoms with E-state index in [0.717, 1.165) is 13.3 Å². The average molecular weight is 218 g/mol. The zero-order chi connectivity index (χ0) is 11.6. The number of carbonyl (C=O) groups is 1. The minimum absolute atomic E-state index is 0.569. The summed E-state index contributed by atoms with van der Waals surface area (Å²) in [4.78, 5) is 14.4. The minimum Gasteiger partial charge on any atom is -0.504 e. The molecule has 1 rings (SSSR count). The Morgan fingerprint density at radius 3 is 2.73 bits per heavy atom. The summed E-state index contributed by atoms with van der Waals surface area (Å²) in [5.41, 5.74) is 3.22. The number of nitrogen functional groups attached to an aromatic ring is 1. The molecule has 0 bridgehead atoms. The minimum atomic E-state index is -3.02. The molecule has 5 nitrogen and oxygen atoms in total. The molecule has 0 aliphatic carbocycles. The molecule has 0 amide bonds. The van der Waals surface area contributed by atoms with Crippen LogP contribution in [0.5, 0.6) is 5.75 Å². The smallest absolute Gasteiger partial charge is 0.357 e. The Morgan fingerprint density at radius 2 is 2.27 bits per heavy atom. The SMILES string of the molecule is COC(=O)c1ncc(O)c(N)c1C(F)F. The van der Waals surface area contributed by atoms with Crippen molar-refractivity contribution in [1.29, 1.82) is 0 Å². The maximum atomic E-state index is 12.5. The van der Waals surface area contributed by atoms with Crippen molar-refractivity contribution in [2.24, 2.45) is 0 Å². The van der Waals surface area contributed by atoms with Gasteiger partial charge < -0.3 is 15.6 Å². The Morgan fingerprint density at radius 1 is 1.67 bits per heavy atom. The van der Waals surface area contributed by atoms with Crippen LogP contribution in [-0.2, 0) is 4.74 Å². The number of nitrogens with zero attached hydrogens (tertiary/aromatic N) is 1. The summed E-state index contributed by atoms with van der Waals surface area (Å²) in [6.45, 7) is 0. The Labute approximate surface area is 83.5 Å². The lowest BCUT2D eigenvalue weighted by atomic mass is 10.1. The molecule has 0 saturated carbocycles. The van der Waals surface area contributed by atoms with Crippen LogP contribution in [0.25, 0.3) is 0 Å². The number of ether oxygens (including phenoxy) is 1. The molecular formula is C8H8F2N2O3. The fourth-order valence-corrected chi connectivity index (χ4v) is 1.01. The first-order chi connectivity index (χ1) is 6.99. The van der Waals surface area contributed by atoms with E-state index in [1.54, 1.807) is 0 Å². The first kappa shape index (κ1) is 11.2. The number of aromatic hydroxyl groups is 1. The molecule has 82 valence electrons. The van der Waals surface area contributed by atoms with Crippen LogP contribution in [0.3, 0.4) is 0 Å². The zero-order valence-electron chi connectivity index (χ0n) is 7.70. The highest BCUT2D eigenvalue weighted by molar-refractivity contribution is 5.91. The first-order valence-electron chi connectivity index (χ1n) is 3.82. The molecule has 1 heterocycles. The van der Waals surface area contributed by atoms with Crippen molar-refractivity contribution >= 4 is 11.7 Å². The molecule has 0 aliphatic rings. The van der Waals surface area contributed by atoms with Crippen LogP contribution < -0.4 is 5.73 Å². The van der Waals surface area contributed by atoms with Gasteiger partial charge in [-0.1, -0.05) is 0 Å². The quantitative estimate of drug-likeness (QED) is 0.726. The normalized spacial score (nSPS) is 10.4. The largest absolute Gasteiger partial charge is 0.504 e. The van der Waals surface area contributed by atoms with Gasteiger partial charge in [-0.15, -0.1) is 0 Å². The van der Waals surface area contributed by atoms with E-state index in [0.29, 0.717) is 0 Å². The number of alkyl halides is 2. The van der Waals surface area contributed by atoms with Crippen molar-refractivity contribution in [2.45, 2.75) is 6.43 Å². The van der Waals surface area contributed by atoms with E-state index in [2.05, 4.69) is 9.72 Å². The highest BCUT2D eigenvalue weighted by Crippen LogP contribution is 2.33. The third kappa shape index (κ3) is 1.95. The molecule has 0 aromatic carbocycles. The van der Waals surface area contributed by atoms with Crippen LogP contribution in [0.15, 0.2) is 6.20 Å². The molecule has 15 heavy (non-hydrogen) atoms. The Balaban J connectivity index is 3.40. The number of aromatic nitrogens is 1. The fraction of sp³-hybridized carbons (Fsp3) is 0.250. The number of carbonyl (C=O) groups excluding carboxylic acids is 1. The predicted octanol–water partition coefficient (Wildman–Crippen LogP) is 1.09. The second-order valence-electron chi connectivity index (χ2n) is 2.61. The van der Waals surface area contributed by atoms with Crippen LogP contribution in [0.2, 0.25) is 0 Å². The van der Waals surface area contributed by atoms with Crippen LogP contribution in [0.4, 0.5) is 14.5 Å². The molecule has 0 atom stereocenters. The van der Waals surface area contributed by atoms with Crippen LogP contribution in [0, 0.1) is 0 Å².